The van der Waals surface area contributed by atoms with Gasteiger partial charge in [0.25, 0.3) is 0 Å². The molecule has 4 heteroatoms. The second-order valence-corrected chi connectivity index (χ2v) is 9.09. The van der Waals surface area contributed by atoms with E-state index < -0.39 is 7.12 Å². The molecule has 0 amide bonds. The third kappa shape index (κ3) is 3.04. The number of rotatable bonds is 3. The molecule has 0 unspecified atom stereocenters. The molecule has 0 aliphatic heterocycles. The highest BCUT2D eigenvalue weighted by Crippen LogP contribution is 2.44. The monoisotopic (exact) mass is 430 g/mol. The van der Waals surface area contributed by atoms with Gasteiger partial charge in [0.15, 0.2) is 0 Å². The number of fused-ring (bicyclic) bond motifs is 3. The first-order chi connectivity index (χ1) is 15.7. The molecule has 0 bridgehead atoms. The van der Waals surface area contributed by atoms with Crippen LogP contribution in [0.3, 0.4) is 0 Å². The van der Waals surface area contributed by atoms with Crippen LogP contribution in [0.5, 0.6) is 0 Å². The molecule has 0 saturated carbocycles. The molecular weight excluding hydrogens is 411 g/mol. The van der Waals surface area contributed by atoms with Crippen molar-refractivity contribution in [3.63, 3.8) is 0 Å². The zero-order chi connectivity index (χ0) is 21.7. The summed E-state index contributed by atoms with van der Waals surface area (Å²) in [6.07, 6.45) is 0. The predicted molar refractivity (Wildman–Crippen MR) is 138 cm³/mol. The minimum Gasteiger partial charge on any atom is -0.423 e. The molecule has 2 nitrogen and oxygen atoms in total. The summed E-state index contributed by atoms with van der Waals surface area (Å²) in [5.41, 5.74) is 3.56. The standard InChI is InChI=1S/C28H19BO2S/c30-29(31)26-16-15-25(32-26)28-23-11-5-3-9-21(23)27(22-10-4-6-12-24(22)28)20-14-13-18-7-1-2-8-19(18)17-20/h1-17,30-31H. The summed E-state index contributed by atoms with van der Waals surface area (Å²) < 4.78 is 0.548. The first-order valence-electron chi connectivity index (χ1n) is 10.6. The van der Waals surface area contributed by atoms with Crippen LogP contribution >= 0.6 is 11.3 Å². The molecule has 32 heavy (non-hydrogen) atoms. The van der Waals surface area contributed by atoms with Gasteiger partial charge in [-0.3, -0.25) is 0 Å². The van der Waals surface area contributed by atoms with Gasteiger partial charge in [0, 0.05) is 15.2 Å². The number of hydrogen-bond acceptors (Lipinski definition) is 3. The summed E-state index contributed by atoms with van der Waals surface area (Å²) in [6, 6.07) is 35.9. The van der Waals surface area contributed by atoms with Gasteiger partial charge in [-0.05, 0) is 55.6 Å². The molecule has 1 aromatic heterocycles. The lowest BCUT2D eigenvalue weighted by Gasteiger charge is -2.17. The molecule has 0 radical (unpaired) electrons. The Morgan fingerprint density at radius 1 is 0.531 bits per heavy atom. The van der Waals surface area contributed by atoms with E-state index in [0.717, 1.165) is 21.2 Å². The van der Waals surface area contributed by atoms with Crippen molar-refractivity contribution >= 4 is 55.5 Å². The molecule has 0 atom stereocenters. The summed E-state index contributed by atoms with van der Waals surface area (Å²) in [6.45, 7) is 0. The van der Waals surface area contributed by atoms with Crippen LogP contribution in [-0.4, -0.2) is 17.2 Å². The molecule has 0 saturated heterocycles. The quantitative estimate of drug-likeness (QED) is 0.258. The summed E-state index contributed by atoms with van der Waals surface area (Å²) >= 11 is 1.43. The maximum Gasteiger partial charge on any atom is 0.499 e. The molecule has 0 fully saturated rings. The SMILES string of the molecule is OB(O)c1ccc(-c2c3ccccc3c(-c3ccc4ccccc4c3)c3ccccc23)s1. The fourth-order valence-corrected chi connectivity index (χ4v) is 5.63. The van der Waals surface area contributed by atoms with Crippen molar-refractivity contribution in [1.29, 1.82) is 0 Å². The highest BCUT2D eigenvalue weighted by atomic mass is 32.1. The Morgan fingerprint density at radius 3 is 1.69 bits per heavy atom. The van der Waals surface area contributed by atoms with E-state index in [9.17, 15) is 10.0 Å². The molecule has 152 valence electrons. The van der Waals surface area contributed by atoms with E-state index in [4.69, 9.17) is 0 Å². The van der Waals surface area contributed by atoms with Crippen LogP contribution in [0.2, 0.25) is 0 Å². The number of thiophene rings is 1. The van der Waals surface area contributed by atoms with Gasteiger partial charge < -0.3 is 10.0 Å². The Kier molecular flexibility index (Phi) is 4.58. The van der Waals surface area contributed by atoms with Crippen molar-refractivity contribution in [1.82, 2.24) is 0 Å². The Labute approximate surface area is 190 Å². The lowest BCUT2D eigenvalue weighted by atomic mass is 9.87. The summed E-state index contributed by atoms with van der Waals surface area (Å²) in [5.74, 6) is 0. The third-order valence-corrected chi connectivity index (χ3v) is 7.24. The highest BCUT2D eigenvalue weighted by molar-refractivity contribution is 7.25. The molecule has 0 spiro atoms. The van der Waals surface area contributed by atoms with Crippen LogP contribution in [0.4, 0.5) is 0 Å². The van der Waals surface area contributed by atoms with Crippen LogP contribution < -0.4 is 4.78 Å². The predicted octanol–water partition coefficient (Wildman–Crippen LogP) is 6.22. The number of hydrogen-bond donors (Lipinski definition) is 2. The second-order valence-electron chi connectivity index (χ2n) is 7.98. The van der Waals surface area contributed by atoms with E-state index in [1.807, 2.05) is 6.07 Å². The van der Waals surface area contributed by atoms with Gasteiger partial charge in [0.05, 0.1) is 0 Å². The van der Waals surface area contributed by atoms with Crippen LogP contribution in [0, 0.1) is 0 Å². The Hall–Kier alpha value is -3.44. The summed E-state index contributed by atoms with van der Waals surface area (Å²) in [5, 5.41) is 26.5. The lowest BCUT2D eigenvalue weighted by molar-refractivity contribution is 0.427. The van der Waals surface area contributed by atoms with E-state index in [1.54, 1.807) is 6.07 Å². The maximum atomic E-state index is 9.66. The Balaban J connectivity index is 1.73. The Morgan fingerprint density at radius 2 is 1.09 bits per heavy atom. The van der Waals surface area contributed by atoms with Crippen molar-refractivity contribution in [3.8, 4) is 21.6 Å². The van der Waals surface area contributed by atoms with Gasteiger partial charge in [0.2, 0.25) is 0 Å². The smallest absolute Gasteiger partial charge is 0.423 e. The summed E-state index contributed by atoms with van der Waals surface area (Å²) in [4.78, 5) is 1.03. The van der Waals surface area contributed by atoms with Crippen molar-refractivity contribution in [3.05, 3.63) is 103 Å². The molecule has 0 aliphatic rings. The normalized spacial score (nSPS) is 11.4. The van der Waals surface area contributed by atoms with Crippen LogP contribution in [-0.2, 0) is 0 Å². The van der Waals surface area contributed by atoms with E-state index in [-0.39, 0.29) is 0 Å². The number of benzene rings is 5. The molecule has 1 heterocycles. The van der Waals surface area contributed by atoms with Gasteiger partial charge in [-0.1, -0.05) is 91.0 Å². The lowest BCUT2D eigenvalue weighted by Crippen LogP contribution is -2.26. The minimum atomic E-state index is -1.46. The van der Waals surface area contributed by atoms with Gasteiger partial charge in [-0.25, -0.2) is 0 Å². The van der Waals surface area contributed by atoms with E-state index >= 15 is 0 Å². The summed E-state index contributed by atoms with van der Waals surface area (Å²) in [7, 11) is -1.46. The van der Waals surface area contributed by atoms with Gasteiger partial charge in [0.1, 0.15) is 0 Å². The van der Waals surface area contributed by atoms with Crippen LogP contribution in [0.1, 0.15) is 0 Å². The Bertz CT molecular complexity index is 1560. The van der Waals surface area contributed by atoms with Crippen LogP contribution in [0.15, 0.2) is 103 Å². The average molecular weight is 430 g/mol. The average Bonchev–Trinajstić information content (AvgIpc) is 3.32. The zero-order valence-electron chi connectivity index (χ0n) is 17.2. The second kappa shape index (κ2) is 7.61. The molecule has 6 rings (SSSR count). The molecular formula is C28H19BO2S. The molecule has 6 aromatic rings. The van der Waals surface area contributed by atoms with Crippen molar-refractivity contribution in [2.24, 2.45) is 0 Å². The van der Waals surface area contributed by atoms with E-state index in [2.05, 4.69) is 91.0 Å². The van der Waals surface area contributed by atoms with Gasteiger partial charge in [-0.15, -0.1) is 11.3 Å². The molecule has 0 aliphatic carbocycles. The van der Waals surface area contributed by atoms with Crippen LogP contribution in [0.25, 0.3) is 53.9 Å². The fraction of sp³-hybridized carbons (Fsp3) is 0. The van der Waals surface area contributed by atoms with Gasteiger partial charge >= 0.3 is 7.12 Å². The van der Waals surface area contributed by atoms with Crippen molar-refractivity contribution in [2.45, 2.75) is 0 Å². The third-order valence-electron chi connectivity index (χ3n) is 6.10. The molecule has 2 N–H and O–H groups in total. The molecule has 5 aromatic carbocycles. The highest BCUT2D eigenvalue weighted by Gasteiger charge is 2.20. The maximum absolute atomic E-state index is 9.66. The largest absolute Gasteiger partial charge is 0.499 e. The first kappa shape index (κ1) is 19.3. The van der Waals surface area contributed by atoms with E-state index in [1.165, 1.54) is 44.0 Å². The van der Waals surface area contributed by atoms with Crippen molar-refractivity contribution < 1.29 is 10.0 Å². The van der Waals surface area contributed by atoms with Crippen molar-refractivity contribution in [2.75, 3.05) is 0 Å². The fourth-order valence-electron chi connectivity index (χ4n) is 4.68. The zero-order valence-corrected chi connectivity index (χ0v) is 18.0. The topological polar surface area (TPSA) is 40.5 Å². The first-order valence-corrected chi connectivity index (χ1v) is 11.4. The minimum absolute atomic E-state index is 0.548. The van der Waals surface area contributed by atoms with E-state index in [0.29, 0.717) is 4.78 Å². The van der Waals surface area contributed by atoms with Gasteiger partial charge in [-0.2, -0.15) is 0 Å².